The van der Waals surface area contributed by atoms with E-state index in [0.717, 1.165) is 48.3 Å². The maximum Gasteiger partial charge on any atom is 0.170 e. The first-order valence-corrected chi connectivity index (χ1v) is 10.2. The van der Waals surface area contributed by atoms with Crippen molar-refractivity contribution >= 4 is 11.6 Å². The van der Waals surface area contributed by atoms with Gasteiger partial charge in [-0.3, -0.25) is 9.59 Å². The van der Waals surface area contributed by atoms with Crippen molar-refractivity contribution in [3.63, 3.8) is 0 Å². The van der Waals surface area contributed by atoms with Gasteiger partial charge in [-0.1, -0.05) is 17.7 Å². The van der Waals surface area contributed by atoms with Crippen LogP contribution in [0.25, 0.3) is 0 Å². The molecule has 0 aliphatic heterocycles. The van der Waals surface area contributed by atoms with Crippen molar-refractivity contribution in [2.45, 2.75) is 65.2 Å². The number of rotatable bonds is 7. The zero-order chi connectivity index (χ0) is 18.3. The van der Waals surface area contributed by atoms with Gasteiger partial charge in [0.05, 0.1) is 0 Å². The van der Waals surface area contributed by atoms with E-state index in [-0.39, 0.29) is 17.8 Å². The van der Waals surface area contributed by atoms with Crippen LogP contribution < -0.4 is 4.74 Å². The largest absolute Gasteiger partial charge is 0.486 e. The summed E-state index contributed by atoms with van der Waals surface area (Å²) in [6.45, 7) is 4.10. The van der Waals surface area contributed by atoms with Gasteiger partial charge < -0.3 is 4.74 Å². The van der Waals surface area contributed by atoms with Crippen LogP contribution in [0.4, 0.5) is 0 Å². The maximum absolute atomic E-state index is 13.0. The van der Waals surface area contributed by atoms with Crippen LogP contribution in [0.3, 0.4) is 0 Å². The third-order valence-corrected chi connectivity index (χ3v) is 6.98. The number of hydrogen-bond donors (Lipinski definition) is 0. The van der Waals surface area contributed by atoms with Crippen LogP contribution in [0, 0.1) is 37.0 Å². The predicted molar refractivity (Wildman–Crippen MR) is 101 cm³/mol. The van der Waals surface area contributed by atoms with Crippen LogP contribution in [-0.4, -0.2) is 18.2 Å². The molecule has 0 amide bonds. The molecular formula is C23H30O3. The number of benzene rings is 1. The van der Waals surface area contributed by atoms with Crippen LogP contribution in [0.1, 0.15) is 62.5 Å². The van der Waals surface area contributed by atoms with Crippen molar-refractivity contribution in [1.29, 1.82) is 0 Å². The van der Waals surface area contributed by atoms with Gasteiger partial charge in [0.15, 0.2) is 5.78 Å². The average molecular weight is 354 g/mol. The van der Waals surface area contributed by atoms with E-state index in [1.54, 1.807) is 0 Å². The molecule has 3 heteroatoms. The third-order valence-electron chi connectivity index (χ3n) is 6.98. The zero-order valence-electron chi connectivity index (χ0n) is 16.1. The van der Waals surface area contributed by atoms with E-state index in [4.69, 9.17) is 4.74 Å². The van der Waals surface area contributed by atoms with Crippen LogP contribution in [-0.2, 0) is 9.59 Å². The normalized spacial score (nSPS) is 31.8. The summed E-state index contributed by atoms with van der Waals surface area (Å²) in [5, 5.41) is 0. The third kappa shape index (κ3) is 3.45. The Bertz CT molecular complexity index is 683. The smallest absolute Gasteiger partial charge is 0.170 e. The topological polar surface area (TPSA) is 43.4 Å². The molecule has 0 saturated heterocycles. The number of aryl methyl sites for hydroxylation is 2. The second-order valence-electron chi connectivity index (χ2n) is 9.22. The van der Waals surface area contributed by atoms with Gasteiger partial charge in [0.2, 0.25) is 0 Å². The van der Waals surface area contributed by atoms with Gasteiger partial charge in [-0.25, -0.2) is 0 Å². The summed E-state index contributed by atoms with van der Waals surface area (Å²) in [5.41, 5.74) is 2.15. The monoisotopic (exact) mass is 354 g/mol. The first-order chi connectivity index (χ1) is 12.4. The molecule has 0 unspecified atom stereocenters. The van der Waals surface area contributed by atoms with Gasteiger partial charge in [0.25, 0.3) is 0 Å². The number of Topliss-reactive ketones (excluding diaryl/α,β-unsaturated/α-hetero) is 2. The highest BCUT2D eigenvalue weighted by molar-refractivity contribution is 5.90. The van der Waals surface area contributed by atoms with Gasteiger partial charge >= 0.3 is 0 Å². The molecule has 1 aromatic carbocycles. The summed E-state index contributed by atoms with van der Waals surface area (Å²) in [6.07, 6.45) is 8.02. The molecule has 4 fully saturated rings. The Hall–Kier alpha value is -1.64. The van der Waals surface area contributed by atoms with Gasteiger partial charge in [0, 0.05) is 18.3 Å². The Kier molecular flexibility index (Phi) is 4.66. The van der Waals surface area contributed by atoms with E-state index in [9.17, 15) is 9.59 Å². The standard InChI is InChI=1S/C23H30O3/c1-15-3-5-21(16(2)7-15)26-14-20(24)4-6-22(25)23-11-17-8-18(12-23)10-19(9-17)13-23/h3,5,7,17-19H,4,6,8-14H2,1-2H3. The molecular weight excluding hydrogens is 324 g/mol. The molecule has 4 saturated carbocycles. The van der Waals surface area contributed by atoms with E-state index in [2.05, 4.69) is 6.07 Å². The molecule has 0 heterocycles. The van der Waals surface area contributed by atoms with Crippen molar-refractivity contribution in [2.75, 3.05) is 6.61 Å². The fraction of sp³-hybridized carbons (Fsp3) is 0.652. The molecule has 5 rings (SSSR count). The summed E-state index contributed by atoms with van der Waals surface area (Å²) in [5.74, 6) is 3.46. The van der Waals surface area contributed by atoms with Crippen LogP contribution >= 0.6 is 0 Å². The van der Waals surface area contributed by atoms with Crippen LogP contribution in [0.2, 0.25) is 0 Å². The van der Waals surface area contributed by atoms with Gasteiger partial charge in [-0.05, 0) is 81.8 Å². The number of carbonyl (C=O) groups is 2. The lowest BCUT2D eigenvalue weighted by Gasteiger charge is -2.56. The molecule has 0 N–H and O–H groups in total. The molecule has 0 aromatic heterocycles. The van der Waals surface area contributed by atoms with Gasteiger partial charge in [-0.2, -0.15) is 0 Å². The lowest BCUT2D eigenvalue weighted by Crippen LogP contribution is -2.50. The second kappa shape index (κ2) is 6.83. The first-order valence-electron chi connectivity index (χ1n) is 10.2. The maximum atomic E-state index is 13.0. The quantitative estimate of drug-likeness (QED) is 0.705. The molecule has 4 aliphatic carbocycles. The van der Waals surface area contributed by atoms with E-state index in [0.29, 0.717) is 18.6 Å². The first kappa shape index (κ1) is 17.8. The fourth-order valence-electron chi connectivity index (χ4n) is 6.16. The van der Waals surface area contributed by atoms with E-state index < -0.39 is 0 Å². The fourth-order valence-corrected chi connectivity index (χ4v) is 6.16. The van der Waals surface area contributed by atoms with Crippen molar-refractivity contribution in [3.8, 4) is 5.75 Å². The van der Waals surface area contributed by atoms with Crippen molar-refractivity contribution in [2.24, 2.45) is 23.2 Å². The summed E-state index contributed by atoms with van der Waals surface area (Å²) in [7, 11) is 0. The van der Waals surface area contributed by atoms with Crippen LogP contribution in [0.5, 0.6) is 5.75 Å². The Labute approximate surface area is 156 Å². The predicted octanol–water partition coefficient (Wildman–Crippen LogP) is 4.82. The molecule has 4 aliphatic rings. The SMILES string of the molecule is Cc1ccc(OCC(=O)CCC(=O)C23CC4CC(CC(C4)C2)C3)c(C)c1. The number of hydrogen-bond acceptors (Lipinski definition) is 3. The zero-order valence-corrected chi connectivity index (χ0v) is 16.1. The molecule has 0 atom stereocenters. The van der Waals surface area contributed by atoms with E-state index in [1.165, 1.54) is 24.8 Å². The minimum atomic E-state index is -0.0799. The van der Waals surface area contributed by atoms with Gasteiger partial charge in [0.1, 0.15) is 18.1 Å². The lowest BCUT2D eigenvalue weighted by atomic mass is 9.48. The van der Waals surface area contributed by atoms with Crippen molar-refractivity contribution in [3.05, 3.63) is 29.3 Å². The highest BCUT2D eigenvalue weighted by Crippen LogP contribution is 2.60. The molecule has 4 bridgehead atoms. The second-order valence-corrected chi connectivity index (χ2v) is 9.22. The summed E-state index contributed by atoms with van der Waals surface area (Å²) >= 11 is 0. The van der Waals surface area contributed by atoms with E-state index >= 15 is 0 Å². The summed E-state index contributed by atoms with van der Waals surface area (Å²) in [4.78, 5) is 25.2. The molecule has 0 radical (unpaired) electrons. The molecule has 26 heavy (non-hydrogen) atoms. The summed E-state index contributed by atoms with van der Waals surface area (Å²) in [6, 6.07) is 5.96. The number of ether oxygens (including phenoxy) is 1. The van der Waals surface area contributed by atoms with Crippen molar-refractivity contribution in [1.82, 2.24) is 0 Å². The van der Waals surface area contributed by atoms with Gasteiger partial charge in [-0.15, -0.1) is 0 Å². The Balaban J connectivity index is 1.28. The minimum absolute atomic E-state index is 0.0306. The highest BCUT2D eigenvalue weighted by atomic mass is 16.5. The Morgan fingerprint density at radius 1 is 1.00 bits per heavy atom. The molecule has 140 valence electrons. The average Bonchev–Trinajstić information content (AvgIpc) is 2.57. The van der Waals surface area contributed by atoms with Crippen LogP contribution in [0.15, 0.2) is 18.2 Å². The Morgan fingerprint density at radius 3 is 2.19 bits per heavy atom. The number of ketones is 2. The van der Waals surface area contributed by atoms with Crippen molar-refractivity contribution < 1.29 is 14.3 Å². The van der Waals surface area contributed by atoms with E-state index in [1.807, 2.05) is 26.0 Å². The summed E-state index contributed by atoms with van der Waals surface area (Å²) < 4.78 is 5.67. The minimum Gasteiger partial charge on any atom is -0.486 e. The molecule has 0 spiro atoms. The lowest BCUT2D eigenvalue weighted by molar-refractivity contribution is -0.145. The molecule has 1 aromatic rings. The Morgan fingerprint density at radius 2 is 1.62 bits per heavy atom. The number of carbonyl (C=O) groups excluding carboxylic acids is 2. The highest BCUT2D eigenvalue weighted by Gasteiger charge is 2.53. The molecule has 3 nitrogen and oxygen atoms in total.